The fraction of sp³-hybridized carbons (Fsp3) is 0.296. The third-order valence-corrected chi connectivity index (χ3v) is 11.7. The van der Waals surface area contributed by atoms with E-state index in [4.69, 9.17) is 26.2 Å². The number of aliphatic carboxylic acids is 1. The summed E-state index contributed by atoms with van der Waals surface area (Å²) in [6.45, 7) is 0.804. The molecule has 77 heavy (non-hydrogen) atoms. The standard InChI is InChI=1S/C27H31N7O4.C23H22N6O2.C4H11NO3/c35-18-27(19-36,20-37)30-26(38)13-21-7-9-25(10-8-21)34-17-24(31-32-34)16-33(14-22-5-1-3-11-28-22)15-23-6-2-4-12-29-23;30-23(31)13-18-7-9-22(10-8-18)29-17-21(26-27-29)16-28(14-19-5-1-3-11-24-19)15-20-6-2-4-12-25-20;5-4(1-6,2-7)3-8/h1-12,17,35-37H,13-16,18-20H2,(H,30,38);1-12,17H,13-16H2,(H,30,31);6-8H,1-3,5H2. The molecule has 0 aliphatic carbocycles. The monoisotopic (exact) mass is 1050 g/mol. The number of pyridine rings is 4. The van der Waals surface area contributed by atoms with Gasteiger partial charge in [0.1, 0.15) is 5.54 Å². The highest BCUT2D eigenvalue weighted by Gasteiger charge is 2.30. The van der Waals surface area contributed by atoms with Crippen LogP contribution in [0.5, 0.6) is 0 Å². The zero-order valence-corrected chi connectivity index (χ0v) is 42.3. The maximum Gasteiger partial charge on any atom is 0.307 e. The second-order valence-electron chi connectivity index (χ2n) is 18.1. The summed E-state index contributed by atoms with van der Waals surface area (Å²) < 4.78 is 3.37. The Hall–Kier alpha value is -8.10. The van der Waals surface area contributed by atoms with Gasteiger partial charge in [0.05, 0.1) is 116 Å². The molecule has 0 spiro atoms. The first-order chi connectivity index (χ1) is 37.4. The summed E-state index contributed by atoms with van der Waals surface area (Å²) in [5, 5.41) is 81.8. The third-order valence-electron chi connectivity index (χ3n) is 11.7. The van der Waals surface area contributed by atoms with Gasteiger partial charge in [-0.25, -0.2) is 9.36 Å². The molecule has 0 fully saturated rings. The van der Waals surface area contributed by atoms with Crippen molar-refractivity contribution in [1.82, 2.24) is 65.0 Å². The molecule has 0 saturated carbocycles. The van der Waals surface area contributed by atoms with Crippen molar-refractivity contribution >= 4 is 11.9 Å². The first-order valence-electron chi connectivity index (χ1n) is 24.4. The second-order valence-corrected chi connectivity index (χ2v) is 18.1. The Bertz CT molecular complexity index is 2850. The lowest BCUT2D eigenvalue weighted by atomic mass is 10.0. The molecule has 8 aromatic rings. The molecule has 0 atom stereocenters. The Labute approximate surface area is 444 Å². The van der Waals surface area contributed by atoms with Crippen molar-refractivity contribution in [3.05, 3.63) is 204 Å². The molecule has 0 bridgehead atoms. The lowest BCUT2D eigenvalue weighted by molar-refractivity contribution is -0.136. The van der Waals surface area contributed by atoms with Crippen molar-refractivity contribution in [2.24, 2.45) is 5.73 Å². The van der Waals surface area contributed by atoms with Crippen LogP contribution in [0, 0.1) is 0 Å². The minimum absolute atomic E-state index is 0.00110. The predicted molar refractivity (Wildman–Crippen MR) is 281 cm³/mol. The zero-order valence-electron chi connectivity index (χ0n) is 42.3. The number of benzene rings is 2. The fourth-order valence-electron chi connectivity index (χ4n) is 7.32. The molecule has 404 valence electrons. The number of hydrogen-bond acceptors (Lipinski definition) is 19. The molecule has 0 aliphatic rings. The summed E-state index contributed by atoms with van der Waals surface area (Å²) in [5.41, 5.74) is 11.0. The molecule has 2 aromatic carbocycles. The summed E-state index contributed by atoms with van der Waals surface area (Å²) in [4.78, 5) is 45.4. The van der Waals surface area contributed by atoms with Crippen molar-refractivity contribution in [2.45, 2.75) is 63.2 Å². The van der Waals surface area contributed by atoms with E-state index in [1.165, 1.54) is 0 Å². The van der Waals surface area contributed by atoms with E-state index in [1.807, 2.05) is 109 Å². The van der Waals surface area contributed by atoms with Gasteiger partial charge in [-0.1, -0.05) is 59.0 Å². The average Bonchev–Trinajstić information content (AvgIpc) is 4.14. The largest absolute Gasteiger partial charge is 0.481 e. The Morgan fingerprint density at radius 2 is 0.805 bits per heavy atom. The second kappa shape index (κ2) is 29.8. The molecular weight excluding hydrogens is 989 g/mol. The van der Waals surface area contributed by atoms with Crippen molar-refractivity contribution in [1.29, 1.82) is 0 Å². The molecule has 0 unspecified atom stereocenters. The van der Waals surface area contributed by atoms with E-state index in [2.05, 4.69) is 55.7 Å². The number of carbonyl (C=O) groups is 2. The number of hydrogen-bond donors (Lipinski definition) is 9. The lowest BCUT2D eigenvalue weighted by Gasteiger charge is -2.28. The van der Waals surface area contributed by atoms with Crippen molar-refractivity contribution in [3.8, 4) is 11.4 Å². The SMILES string of the molecule is NC(CO)(CO)CO.O=C(Cc1ccc(-n2cc(CN(Cc3ccccn3)Cc3ccccn3)nn2)cc1)NC(CO)(CO)CO.O=C(O)Cc1ccc(-n2cc(CN(Cc3ccccn3)Cc3ccccn3)nn2)cc1. The molecule has 1 amide bonds. The van der Waals surface area contributed by atoms with Crippen LogP contribution in [0.15, 0.2) is 159 Å². The van der Waals surface area contributed by atoms with Crippen LogP contribution in [0.1, 0.15) is 45.3 Å². The molecule has 23 nitrogen and oxygen atoms in total. The number of rotatable bonds is 25. The highest BCUT2D eigenvalue weighted by atomic mass is 16.4. The van der Waals surface area contributed by atoms with Crippen LogP contribution < -0.4 is 11.1 Å². The van der Waals surface area contributed by atoms with Gasteiger partial charge in [-0.05, 0) is 83.9 Å². The molecule has 6 aromatic heterocycles. The average molecular weight is 1050 g/mol. The Kier molecular flexibility index (Phi) is 22.5. The predicted octanol–water partition coefficient (Wildman–Crippen LogP) is 1.18. The molecule has 0 aliphatic heterocycles. The van der Waals surface area contributed by atoms with Gasteiger partial charge in [-0.3, -0.25) is 39.3 Å². The first-order valence-corrected chi connectivity index (χ1v) is 24.4. The summed E-state index contributed by atoms with van der Waals surface area (Å²) in [7, 11) is 0. The van der Waals surface area contributed by atoms with Crippen LogP contribution in [0.4, 0.5) is 0 Å². The number of aliphatic hydroxyl groups excluding tert-OH is 6. The number of aromatic nitrogens is 10. The van der Waals surface area contributed by atoms with Crippen LogP contribution >= 0.6 is 0 Å². The van der Waals surface area contributed by atoms with Gasteiger partial charge in [0.15, 0.2) is 0 Å². The molecule has 6 heterocycles. The van der Waals surface area contributed by atoms with Gasteiger partial charge in [0.25, 0.3) is 0 Å². The maximum atomic E-state index is 12.3. The van der Waals surface area contributed by atoms with E-state index in [0.29, 0.717) is 39.3 Å². The number of nitrogens with zero attached hydrogens (tertiary/aromatic N) is 12. The number of amides is 1. The molecule has 23 heteroatoms. The normalized spacial score (nSPS) is 11.4. The van der Waals surface area contributed by atoms with Crippen molar-refractivity contribution < 1.29 is 45.3 Å². The minimum atomic E-state index is -1.45. The minimum Gasteiger partial charge on any atom is -0.481 e. The Morgan fingerprint density at radius 3 is 1.09 bits per heavy atom. The quantitative estimate of drug-likeness (QED) is 0.0388. The molecule has 10 N–H and O–H groups in total. The van der Waals surface area contributed by atoms with Crippen molar-refractivity contribution in [2.75, 3.05) is 39.6 Å². The van der Waals surface area contributed by atoms with E-state index >= 15 is 0 Å². The van der Waals surface area contributed by atoms with Gasteiger partial charge >= 0.3 is 5.97 Å². The highest BCUT2D eigenvalue weighted by Crippen LogP contribution is 2.17. The van der Waals surface area contributed by atoms with Gasteiger partial charge in [-0.15, -0.1) is 10.2 Å². The number of carbonyl (C=O) groups excluding carboxylic acids is 1. The van der Waals surface area contributed by atoms with Gasteiger partial charge in [-0.2, -0.15) is 0 Å². The molecular formula is C54H64N14O9. The number of aliphatic hydroxyl groups is 6. The summed E-state index contributed by atoms with van der Waals surface area (Å²) >= 11 is 0. The van der Waals surface area contributed by atoms with Gasteiger partial charge < -0.3 is 46.8 Å². The van der Waals surface area contributed by atoms with Gasteiger partial charge in [0, 0.05) is 64.1 Å². The molecule has 0 saturated heterocycles. The van der Waals surface area contributed by atoms with E-state index in [-0.39, 0.29) is 12.8 Å². The first kappa shape index (κ1) is 58.2. The Morgan fingerprint density at radius 1 is 0.468 bits per heavy atom. The highest BCUT2D eigenvalue weighted by molar-refractivity contribution is 5.79. The molecule has 8 rings (SSSR count). The van der Waals surface area contributed by atoms with Crippen LogP contribution in [-0.4, -0.2) is 158 Å². The van der Waals surface area contributed by atoms with Crippen LogP contribution in [0.2, 0.25) is 0 Å². The van der Waals surface area contributed by atoms with Crippen LogP contribution in [-0.2, 0) is 61.7 Å². The summed E-state index contributed by atoms with van der Waals surface area (Å²) in [5.74, 6) is -1.27. The number of nitrogens with one attached hydrogen (secondary N) is 1. The lowest BCUT2D eigenvalue weighted by Crippen LogP contribution is -2.57. The number of carboxylic acids is 1. The van der Waals surface area contributed by atoms with Crippen LogP contribution in [0.25, 0.3) is 11.4 Å². The van der Waals surface area contributed by atoms with E-state index in [1.54, 1.807) is 58.4 Å². The van der Waals surface area contributed by atoms with E-state index < -0.39 is 62.6 Å². The maximum absolute atomic E-state index is 12.3. The number of nitrogens with two attached hydrogens (primary N) is 1. The van der Waals surface area contributed by atoms with E-state index in [0.717, 1.165) is 56.7 Å². The van der Waals surface area contributed by atoms with Crippen LogP contribution in [0.3, 0.4) is 0 Å². The summed E-state index contributed by atoms with van der Waals surface area (Å²) in [6.07, 6.45) is 10.9. The van der Waals surface area contributed by atoms with Gasteiger partial charge in [0.2, 0.25) is 5.91 Å². The zero-order chi connectivity index (χ0) is 54.9. The topological polar surface area (TPSA) is 333 Å². The Balaban J connectivity index is 0.000000222. The summed E-state index contributed by atoms with van der Waals surface area (Å²) in [6, 6.07) is 38.0. The molecule has 0 radical (unpaired) electrons. The number of carboxylic acid groups (broad SMARTS) is 1. The third kappa shape index (κ3) is 18.9. The smallest absolute Gasteiger partial charge is 0.307 e. The fourth-order valence-corrected chi connectivity index (χ4v) is 7.32. The van der Waals surface area contributed by atoms with E-state index in [9.17, 15) is 24.9 Å². The van der Waals surface area contributed by atoms with Crippen molar-refractivity contribution in [3.63, 3.8) is 0 Å².